The normalized spacial score (nSPS) is 53.2. The number of rotatable bonds is 0. The van der Waals surface area contributed by atoms with Crippen molar-refractivity contribution >= 4 is 0 Å². The zero-order valence-corrected chi connectivity index (χ0v) is 21.3. The molecule has 0 aromatic heterocycles. The fourth-order valence-corrected chi connectivity index (χ4v) is 10.2. The highest BCUT2D eigenvalue weighted by atomic mass is 16.5. The van der Waals surface area contributed by atoms with E-state index in [9.17, 15) is 0 Å². The number of fused-ring (bicyclic) bond motifs is 6. The maximum Gasteiger partial charge on any atom is 0.0765 e. The number of ether oxygens (including phenoxy) is 1. The van der Waals surface area contributed by atoms with Crippen LogP contribution in [0.1, 0.15) is 85.5 Å². The average Bonchev–Trinajstić information content (AvgIpc) is 3.43. The summed E-state index contributed by atoms with van der Waals surface area (Å²) in [6.45, 7) is 12.3. The summed E-state index contributed by atoms with van der Waals surface area (Å²) in [6.07, 6.45) is 12.4. The van der Waals surface area contributed by atoms with Crippen LogP contribution in [0, 0.1) is 40.9 Å². The number of nitrogens with one attached hydrogen (secondary N) is 3. The van der Waals surface area contributed by atoms with Gasteiger partial charge in [-0.2, -0.15) is 0 Å². The van der Waals surface area contributed by atoms with E-state index in [2.05, 4.69) is 43.9 Å². The summed E-state index contributed by atoms with van der Waals surface area (Å²) in [4.78, 5) is 0. The lowest BCUT2D eigenvalue weighted by Crippen LogP contribution is -2.48. The summed E-state index contributed by atoms with van der Waals surface area (Å²) in [5.41, 5.74) is 14.3. The maximum atomic E-state index is 7.06. The molecule has 33 heavy (non-hydrogen) atoms. The third-order valence-electron chi connectivity index (χ3n) is 12.0. The smallest absolute Gasteiger partial charge is 0.0765 e. The van der Waals surface area contributed by atoms with Gasteiger partial charge in [-0.1, -0.05) is 31.9 Å². The first kappa shape index (κ1) is 21.4. The van der Waals surface area contributed by atoms with Gasteiger partial charge in [-0.3, -0.25) is 0 Å². The van der Waals surface area contributed by atoms with Crippen molar-refractivity contribution in [2.24, 2.45) is 40.9 Å². The molecule has 0 amide bonds. The minimum Gasteiger partial charge on any atom is -0.369 e. The molecule has 1 spiro atoms. The average molecular weight is 452 g/mol. The van der Waals surface area contributed by atoms with Crippen molar-refractivity contribution in [3.05, 3.63) is 22.4 Å². The van der Waals surface area contributed by atoms with Gasteiger partial charge in [-0.05, 0) is 112 Å². The predicted octanol–water partition coefficient (Wildman–Crippen LogP) is 5.08. The van der Waals surface area contributed by atoms with Gasteiger partial charge >= 0.3 is 0 Å². The van der Waals surface area contributed by atoms with Crippen molar-refractivity contribution in [3.63, 3.8) is 0 Å². The highest BCUT2D eigenvalue weighted by Crippen LogP contribution is 2.65. The van der Waals surface area contributed by atoms with Gasteiger partial charge < -0.3 is 15.5 Å². The first-order chi connectivity index (χ1) is 15.9. The van der Waals surface area contributed by atoms with Crippen LogP contribution in [0.15, 0.2) is 22.4 Å². The van der Waals surface area contributed by atoms with Crippen molar-refractivity contribution in [2.75, 3.05) is 13.1 Å². The van der Waals surface area contributed by atoms with E-state index >= 15 is 0 Å². The highest BCUT2D eigenvalue weighted by Gasteiger charge is 2.59. The fraction of sp³-hybridized carbons (Fsp3) is 0.862. The molecule has 0 aromatic rings. The molecule has 4 fully saturated rings. The molecule has 2 saturated heterocycles. The summed E-state index contributed by atoms with van der Waals surface area (Å²) in [7, 11) is 0. The molecule has 0 radical (unpaired) electrons. The van der Waals surface area contributed by atoms with Gasteiger partial charge in [0.25, 0.3) is 0 Å². The first-order valence-electron chi connectivity index (χ1n) is 14.2. The van der Waals surface area contributed by atoms with Gasteiger partial charge in [0.15, 0.2) is 0 Å². The molecule has 2 saturated carbocycles. The van der Waals surface area contributed by atoms with Crippen LogP contribution in [-0.2, 0) is 4.74 Å². The molecular weight excluding hydrogens is 406 g/mol. The summed E-state index contributed by atoms with van der Waals surface area (Å²) >= 11 is 0. The van der Waals surface area contributed by atoms with Crippen LogP contribution in [0.5, 0.6) is 0 Å². The monoisotopic (exact) mass is 451 g/mol. The lowest BCUT2D eigenvalue weighted by molar-refractivity contribution is -0.0733. The van der Waals surface area contributed by atoms with Crippen molar-refractivity contribution in [1.29, 1.82) is 0 Å². The molecule has 0 bridgehead atoms. The first-order valence-corrected chi connectivity index (χ1v) is 14.2. The molecule has 182 valence electrons. The van der Waals surface area contributed by atoms with Gasteiger partial charge in [0.1, 0.15) is 0 Å². The Kier molecular flexibility index (Phi) is 4.77. The van der Waals surface area contributed by atoms with Crippen molar-refractivity contribution in [1.82, 2.24) is 16.2 Å². The number of hydrazine groups is 1. The predicted molar refractivity (Wildman–Crippen MR) is 132 cm³/mol. The molecule has 7 rings (SSSR count). The van der Waals surface area contributed by atoms with Gasteiger partial charge in [-0.25, -0.2) is 5.43 Å². The Morgan fingerprint density at radius 1 is 1.06 bits per heavy atom. The van der Waals surface area contributed by atoms with Crippen molar-refractivity contribution < 1.29 is 4.74 Å². The molecule has 0 aromatic carbocycles. The number of allylic oxidation sites excluding steroid dienone is 2. The van der Waals surface area contributed by atoms with E-state index in [0.29, 0.717) is 23.5 Å². The lowest BCUT2D eigenvalue weighted by atomic mass is 9.52. The van der Waals surface area contributed by atoms with E-state index in [0.717, 1.165) is 36.1 Å². The molecule has 3 heterocycles. The Labute approximate surface area is 200 Å². The Hall–Kier alpha value is -0.840. The fourth-order valence-electron chi connectivity index (χ4n) is 10.2. The minimum atomic E-state index is 0.0795. The number of hydrogen-bond acceptors (Lipinski definition) is 4. The van der Waals surface area contributed by atoms with Gasteiger partial charge in [-0.15, -0.1) is 0 Å². The van der Waals surface area contributed by atoms with Crippen LogP contribution in [-0.4, -0.2) is 30.8 Å². The Morgan fingerprint density at radius 3 is 2.82 bits per heavy atom. The van der Waals surface area contributed by atoms with Crippen LogP contribution in [0.2, 0.25) is 0 Å². The Balaban J connectivity index is 1.17. The second-order valence-electron chi connectivity index (χ2n) is 13.6. The van der Waals surface area contributed by atoms with Crippen LogP contribution < -0.4 is 16.2 Å². The molecule has 3 aliphatic heterocycles. The van der Waals surface area contributed by atoms with Crippen molar-refractivity contribution in [2.45, 2.75) is 103 Å². The van der Waals surface area contributed by atoms with E-state index in [1.165, 1.54) is 70.0 Å². The standard InChI is InChI=1S/C29H45N3O/c1-16-9-26-27(30-14-16)18(3)29(33-26)8-7-21-22-6-5-20-10-25-19(15-31-32-25)13-28(20,4)24(22)11-23(21)17(2)12-29/h16,18,20-22,24,26-27,30-32H,5-15H2,1-4H3/t16-,18+,20-,21-,22-,24-,26+,27-,28-,29-/m0/s1. The van der Waals surface area contributed by atoms with Crippen LogP contribution >= 0.6 is 0 Å². The van der Waals surface area contributed by atoms with Crippen LogP contribution in [0.3, 0.4) is 0 Å². The Morgan fingerprint density at radius 2 is 1.94 bits per heavy atom. The summed E-state index contributed by atoms with van der Waals surface area (Å²) in [6, 6.07) is 0.567. The summed E-state index contributed by atoms with van der Waals surface area (Å²) in [5.74, 6) is 4.86. The van der Waals surface area contributed by atoms with Gasteiger partial charge in [0, 0.05) is 24.2 Å². The topological polar surface area (TPSA) is 45.3 Å². The third-order valence-corrected chi connectivity index (χ3v) is 12.0. The quantitative estimate of drug-likeness (QED) is 0.449. The minimum absolute atomic E-state index is 0.0795. The van der Waals surface area contributed by atoms with E-state index in [-0.39, 0.29) is 5.60 Å². The molecule has 0 unspecified atom stereocenters. The SMILES string of the molecule is CC1=C2C[C@H]3[C@@H](CC[C@H]4CC5=C(CNN5)C[C@@]43C)[C@@H]2CC[C@@]2(C1)O[C@@H]1C[C@H](C)CN[C@H]1[C@H]2C. The molecule has 10 atom stereocenters. The number of hydrogen-bond donors (Lipinski definition) is 3. The van der Waals surface area contributed by atoms with Gasteiger partial charge in [0.05, 0.1) is 11.7 Å². The van der Waals surface area contributed by atoms with E-state index in [1.54, 1.807) is 11.1 Å². The molecule has 4 nitrogen and oxygen atoms in total. The van der Waals surface area contributed by atoms with E-state index in [1.807, 2.05) is 5.57 Å². The highest BCUT2D eigenvalue weighted by molar-refractivity contribution is 5.32. The molecule has 7 aliphatic rings. The molecule has 4 heteroatoms. The zero-order valence-electron chi connectivity index (χ0n) is 21.3. The van der Waals surface area contributed by atoms with Crippen molar-refractivity contribution in [3.8, 4) is 0 Å². The summed E-state index contributed by atoms with van der Waals surface area (Å²) in [5, 5.41) is 3.88. The Bertz CT molecular complexity index is 909. The van der Waals surface area contributed by atoms with E-state index < -0.39 is 0 Å². The molecule has 4 aliphatic carbocycles. The van der Waals surface area contributed by atoms with Crippen LogP contribution in [0.25, 0.3) is 0 Å². The molecular formula is C29H45N3O. The second kappa shape index (κ2) is 7.34. The van der Waals surface area contributed by atoms with E-state index in [4.69, 9.17) is 4.74 Å². The van der Waals surface area contributed by atoms with Crippen LogP contribution in [0.4, 0.5) is 0 Å². The lowest BCUT2D eigenvalue weighted by Gasteiger charge is -2.52. The number of piperidine rings is 1. The maximum absolute atomic E-state index is 7.06. The molecule has 3 N–H and O–H groups in total. The summed E-state index contributed by atoms with van der Waals surface area (Å²) < 4.78 is 7.06. The second-order valence-corrected chi connectivity index (χ2v) is 13.6. The zero-order chi connectivity index (χ0) is 22.5. The third kappa shape index (κ3) is 2.99. The largest absolute Gasteiger partial charge is 0.369 e. The van der Waals surface area contributed by atoms with Gasteiger partial charge in [0.2, 0.25) is 0 Å².